The second-order valence-electron chi connectivity index (χ2n) is 4.46. The van der Waals surface area contributed by atoms with E-state index >= 15 is 0 Å². The predicted molar refractivity (Wildman–Crippen MR) is 78.5 cm³/mol. The van der Waals surface area contributed by atoms with Crippen molar-refractivity contribution in [1.82, 2.24) is 9.78 Å². The summed E-state index contributed by atoms with van der Waals surface area (Å²) in [5.74, 6) is 0.251. The summed E-state index contributed by atoms with van der Waals surface area (Å²) in [7, 11) is 0. The standard InChI is InChI=1S/C14H16ClN3O2/c1-3-11-8-12(4-2)17(16-11)13-6-5-10(9-15)7-14(13)18(19)20/h5-8H,3-4,9H2,1-2H3. The van der Waals surface area contributed by atoms with Crippen LogP contribution in [-0.4, -0.2) is 14.7 Å². The minimum Gasteiger partial charge on any atom is -0.258 e. The molecule has 106 valence electrons. The van der Waals surface area contributed by atoms with E-state index in [4.69, 9.17) is 11.6 Å². The summed E-state index contributed by atoms with van der Waals surface area (Å²) in [4.78, 5) is 10.9. The van der Waals surface area contributed by atoms with Crippen molar-refractivity contribution in [2.75, 3.05) is 0 Å². The SMILES string of the molecule is CCc1cc(CC)n(-c2ccc(CCl)cc2[N+](=O)[O-])n1. The summed E-state index contributed by atoms with van der Waals surface area (Å²) in [5, 5.41) is 15.7. The maximum atomic E-state index is 11.3. The van der Waals surface area contributed by atoms with Gasteiger partial charge in [-0.05, 0) is 30.5 Å². The van der Waals surface area contributed by atoms with Crippen LogP contribution in [0.5, 0.6) is 0 Å². The number of nitro benzene ring substituents is 1. The van der Waals surface area contributed by atoms with Crippen molar-refractivity contribution in [3.63, 3.8) is 0 Å². The highest BCUT2D eigenvalue weighted by atomic mass is 35.5. The molecule has 0 radical (unpaired) electrons. The molecule has 0 N–H and O–H groups in total. The van der Waals surface area contributed by atoms with E-state index in [0.717, 1.165) is 29.8 Å². The highest BCUT2D eigenvalue weighted by molar-refractivity contribution is 6.17. The molecule has 0 spiro atoms. The van der Waals surface area contributed by atoms with E-state index < -0.39 is 4.92 Å². The number of aromatic nitrogens is 2. The van der Waals surface area contributed by atoms with Gasteiger partial charge in [-0.15, -0.1) is 11.6 Å². The van der Waals surface area contributed by atoms with Crippen LogP contribution in [0.2, 0.25) is 0 Å². The molecule has 0 saturated carbocycles. The van der Waals surface area contributed by atoms with E-state index in [-0.39, 0.29) is 11.6 Å². The van der Waals surface area contributed by atoms with Gasteiger partial charge in [0.1, 0.15) is 5.69 Å². The molecule has 0 fully saturated rings. The molecule has 0 atom stereocenters. The average molecular weight is 294 g/mol. The molecule has 0 saturated heterocycles. The van der Waals surface area contributed by atoms with Crippen LogP contribution >= 0.6 is 11.6 Å². The van der Waals surface area contributed by atoms with Gasteiger partial charge in [0.05, 0.1) is 10.6 Å². The third-order valence-corrected chi connectivity index (χ3v) is 3.49. The van der Waals surface area contributed by atoms with Crippen LogP contribution < -0.4 is 0 Å². The number of benzene rings is 1. The van der Waals surface area contributed by atoms with Crippen molar-refractivity contribution in [2.24, 2.45) is 0 Å². The molecule has 1 aromatic heterocycles. The summed E-state index contributed by atoms with van der Waals surface area (Å²) in [5.41, 5.74) is 3.13. The number of aryl methyl sites for hydroxylation is 2. The highest BCUT2D eigenvalue weighted by Crippen LogP contribution is 2.26. The van der Waals surface area contributed by atoms with E-state index in [1.165, 1.54) is 6.07 Å². The topological polar surface area (TPSA) is 61.0 Å². The molecule has 0 bridgehead atoms. The number of halogens is 1. The Labute approximate surface area is 122 Å². The Kier molecular flexibility index (Phi) is 4.39. The minimum absolute atomic E-state index is 0.0311. The van der Waals surface area contributed by atoms with Crippen LogP contribution in [0.25, 0.3) is 5.69 Å². The zero-order valence-corrected chi connectivity index (χ0v) is 12.2. The Morgan fingerprint density at radius 1 is 1.30 bits per heavy atom. The summed E-state index contributed by atoms with van der Waals surface area (Å²) < 4.78 is 1.66. The Bertz CT molecular complexity index is 637. The smallest absolute Gasteiger partial charge is 0.258 e. The van der Waals surface area contributed by atoms with Crippen molar-refractivity contribution in [3.8, 4) is 5.69 Å². The summed E-state index contributed by atoms with van der Waals surface area (Å²) in [6.07, 6.45) is 1.56. The fourth-order valence-electron chi connectivity index (χ4n) is 2.09. The van der Waals surface area contributed by atoms with Crippen molar-refractivity contribution in [1.29, 1.82) is 0 Å². The molecule has 0 aliphatic carbocycles. The first-order valence-electron chi connectivity index (χ1n) is 6.52. The second-order valence-corrected chi connectivity index (χ2v) is 4.73. The molecule has 20 heavy (non-hydrogen) atoms. The van der Waals surface area contributed by atoms with Crippen LogP contribution in [0.15, 0.2) is 24.3 Å². The second kappa shape index (κ2) is 6.05. The molecular weight excluding hydrogens is 278 g/mol. The molecule has 0 amide bonds. The minimum atomic E-state index is -0.391. The van der Waals surface area contributed by atoms with Gasteiger partial charge < -0.3 is 0 Å². The number of rotatable bonds is 5. The molecule has 0 unspecified atom stereocenters. The molecule has 0 aliphatic rings. The largest absolute Gasteiger partial charge is 0.295 e. The number of hydrogen-bond donors (Lipinski definition) is 0. The average Bonchev–Trinajstić information content (AvgIpc) is 2.89. The fourth-order valence-corrected chi connectivity index (χ4v) is 2.25. The van der Waals surface area contributed by atoms with E-state index in [0.29, 0.717) is 5.69 Å². The number of nitrogens with zero attached hydrogens (tertiary/aromatic N) is 3. The highest BCUT2D eigenvalue weighted by Gasteiger charge is 2.19. The van der Waals surface area contributed by atoms with Gasteiger partial charge in [-0.1, -0.05) is 19.9 Å². The molecular formula is C14H16ClN3O2. The number of hydrogen-bond acceptors (Lipinski definition) is 3. The Morgan fingerprint density at radius 3 is 2.60 bits per heavy atom. The quantitative estimate of drug-likeness (QED) is 0.480. The number of nitro groups is 1. The Morgan fingerprint density at radius 2 is 2.05 bits per heavy atom. The third kappa shape index (κ3) is 2.67. The summed E-state index contributed by atoms with van der Waals surface area (Å²) >= 11 is 5.74. The van der Waals surface area contributed by atoms with Crippen molar-refractivity contribution in [2.45, 2.75) is 32.6 Å². The van der Waals surface area contributed by atoms with Gasteiger partial charge >= 0.3 is 0 Å². The van der Waals surface area contributed by atoms with Crippen molar-refractivity contribution in [3.05, 3.63) is 51.3 Å². The van der Waals surface area contributed by atoms with E-state index in [1.807, 2.05) is 19.9 Å². The molecule has 1 heterocycles. The first kappa shape index (κ1) is 14.5. The molecule has 5 nitrogen and oxygen atoms in total. The van der Waals surface area contributed by atoms with Crippen molar-refractivity contribution >= 4 is 17.3 Å². The van der Waals surface area contributed by atoms with Gasteiger partial charge in [0, 0.05) is 17.6 Å². The summed E-state index contributed by atoms with van der Waals surface area (Å²) in [6, 6.07) is 7.00. The van der Waals surface area contributed by atoms with E-state index in [1.54, 1.807) is 16.8 Å². The number of alkyl halides is 1. The lowest BCUT2D eigenvalue weighted by Crippen LogP contribution is -2.05. The molecule has 2 rings (SSSR count). The predicted octanol–water partition coefficient (Wildman–Crippen LogP) is 3.64. The van der Waals surface area contributed by atoms with Gasteiger partial charge in [-0.2, -0.15) is 5.10 Å². The molecule has 0 aliphatic heterocycles. The summed E-state index contributed by atoms with van der Waals surface area (Å²) in [6.45, 7) is 4.02. The first-order valence-corrected chi connectivity index (χ1v) is 7.05. The van der Waals surface area contributed by atoms with Gasteiger partial charge in [-0.25, -0.2) is 4.68 Å². The normalized spacial score (nSPS) is 10.8. The maximum Gasteiger partial charge on any atom is 0.295 e. The van der Waals surface area contributed by atoms with E-state index in [9.17, 15) is 10.1 Å². The van der Waals surface area contributed by atoms with Crippen LogP contribution in [0, 0.1) is 10.1 Å². The Balaban J connectivity index is 2.62. The Hall–Kier alpha value is -1.88. The van der Waals surface area contributed by atoms with Gasteiger partial charge in [0.2, 0.25) is 0 Å². The molecule has 2 aromatic rings. The van der Waals surface area contributed by atoms with E-state index in [2.05, 4.69) is 5.10 Å². The van der Waals surface area contributed by atoms with Crippen LogP contribution in [0.1, 0.15) is 30.8 Å². The lowest BCUT2D eigenvalue weighted by molar-refractivity contribution is -0.384. The fraction of sp³-hybridized carbons (Fsp3) is 0.357. The van der Waals surface area contributed by atoms with Crippen molar-refractivity contribution < 1.29 is 4.92 Å². The first-order chi connectivity index (χ1) is 9.60. The lowest BCUT2D eigenvalue weighted by atomic mass is 10.2. The van der Waals surface area contributed by atoms with Crippen LogP contribution in [-0.2, 0) is 18.7 Å². The zero-order valence-electron chi connectivity index (χ0n) is 11.5. The van der Waals surface area contributed by atoms with Crippen LogP contribution in [0.4, 0.5) is 5.69 Å². The van der Waals surface area contributed by atoms with Gasteiger partial charge in [-0.3, -0.25) is 10.1 Å². The van der Waals surface area contributed by atoms with Gasteiger partial charge in [0.15, 0.2) is 0 Å². The maximum absolute atomic E-state index is 11.3. The molecule has 1 aromatic carbocycles. The monoisotopic (exact) mass is 293 g/mol. The van der Waals surface area contributed by atoms with Crippen LogP contribution in [0.3, 0.4) is 0 Å². The molecule has 6 heteroatoms. The zero-order chi connectivity index (χ0) is 14.7. The third-order valence-electron chi connectivity index (χ3n) is 3.18. The van der Waals surface area contributed by atoms with Gasteiger partial charge in [0.25, 0.3) is 5.69 Å². The lowest BCUT2D eigenvalue weighted by Gasteiger charge is -2.07.